The summed E-state index contributed by atoms with van der Waals surface area (Å²) in [5, 5.41) is 3.80. The van der Waals surface area contributed by atoms with Crippen molar-refractivity contribution in [3.63, 3.8) is 0 Å². The molecule has 0 aromatic carbocycles. The summed E-state index contributed by atoms with van der Waals surface area (Å²) in [5.41, 5.74) is 1.45. The molecule has 0 fully saturated rings. The number of pyridine rings is 1. The highest BCUT2D eigenvalue weighted by atomic mass is 16.5. The number of aliphatic imine (C=N–C) groups is 1. The molecule has 2 heterocycles. The zero-order valence-electron chi connectivity index (χ0n) is 9.04. The molecule has 0 atom stereocenters. The van der Waals surface area contributed by atoms with Gasteiger partial charge in [0.1, 0.15) is 11.5 Å². The monoisotopic (exact) mass is 217 g/mol. The van der Waals surface area contributed by atoms with Gasteiger partial charge in [0.25, 0.3) is 0 Å². The SMILES string of the molecule is COc1cc(/N=C\c2cc(C)on2)ccn1. The van der Waals surface area contributed by atoms with E-state index in [9.17, 15) is 0 Å². The van der Waals surface area contributed by atoms with Crippen LogP contribution in [0.2, 0.25) is 0 Å². The molecule has 0 saturated heterocycles. The first-order chi connectivity index (χ1) is 7.78. The van der Waals surface area contributed by atoms with E-state index in [2.05, 4.69) is 15.1 Å². The van der Waals surface area contributed by atoms with Gasteiger partial charge in [0.05, 0.1) is 19.0 Å². The molecule has 0 unspecified atom stereocenters. The zero-order valence-corrected chi connectivity index (χ0v) is 9.04. The smallest absolute Gasteiger partial charge is 0.215 e. The van der Waals surface area contributed by atoms with Gasteiger partial charge in [-0.15, -0.1) is 0 Å². The van der Waals surface area contributed by atoms with E-state index in [1.807, 2.05) is 13.0 Å². The van der Waals surface area contributed by atoms with Crippen LogP contribution in [-0.4, -0.2) is 23.5 Å². The molecule has 5 nitrogen and oxygen atoms in total. The van der Waals surface area contributed by atoms with Crippen molar-refractivity contribution in [3.05, 3.63) is 35.9 Å². The van der Waals surface area contributed by atoms with Crippen molar-refractivity contribution < 1.29 is 9.26 Å². The Hall–Kier alpha value is -2.17. The standard InChI is InChI=1S/C11H11N3O2/c1-8-5-10(14-16-8)7-13-9-3-4-12-11(6-9)15-2/h3-7H,1-2H3/b13-7-. The minimum atomic E-state index is 0.533. The quantitative estimate of drug-likeness (QED) is 0.739. The van der Waals surface area contributed by atoms with Crippen LogP contribution in [0.4, 0.5) is 5.69 Å². The highest BCUT2D eigenvalue weighted by Crippen LogP contribution is 2.16. The molecule has 0 bridgehead atoms. The number of hydrogen-bond donors (Lipinski definition) is 0. The van der Waals surface area contributed by atoms with Crippen molar-refractivity contribution in [1.82, 2.24) is 10.1 Å². The molecule has 0 amide bonds. The van der Waals surface area contributed by atoms with E-state index in [-0.39, 0.29) is 0 Å². The molecule has 0 radical (unpaired) electrons. The molecule has 82 valence electrons. The van der Waals surface area contributed by atoms with Crippen LogP contribution in [0, 0.1) is 6.92 Å². The van der Waals surface area contributed by atoms with Crippen molar-refractivity contribution >= 4 is 11.9 Å². The third-order valence-corrected chi connectivity index (χ3v) is 1.92. The first-order valence-corrected chi connectivity index (χ1v) is 4.75. The van der Waals surface area contributed by atoms with E-state index in [0.717, 1.165) is 11.4 Å². The van der Waals surface area contributed by atoms with Crippen molar-refractivity contribution in [2.24, 2.45) is 4.99 Å². The van der Waals surface area contributed by atoms with Crippen LogP contribution >= 0.6 is 0 Å². The molecule has 2 rings (SSSR count). The van der Waals surface area contributed by atoms with Crippen LogP contribution in [0.15, 0.2) is 33.9 Å². The van der Waals surface area contributed by atoms with Gasteiger partial charge in [0.15, 0.2) is 0 Å². The number of hydrogen-bond acceptors (Lipinski definition) is 5. The number of aromatic nitrogens is 2. The molecule has 0 saturated carbocycles. The van der Waals surface area contributed by atoms with Gasteiger partial charge in [0.2, 0.25) is 5.88 Å². The Balaban J connectivity index is 2.16. The first-order valence-electron chi connectivity index (χ1n) is 4.75. The van der Waals surface area contributed by atoms with E-state index in [0.29, 0.717) is 11.6 Å². The lowest BCUT2D eigenvalue weighted by Crippen LogP contribution is -1.85. The molecule has 5 heteroatoms. The Morgan fingerprint density at radius 3 is 3.00 bits per heavy atom. The van der Waals surface area contributed by atoms with E-state index in [1.54, 1.807) is 31.7 Å². The maximum Gasteiger partial charge on any atom is 0.215 e. The Morgan fingerprint density at radius 1 is 1.44 bits per heavy atom. The van der Waals surface area contributed by atoms with Gasteiger partial charge >= 0.3 is 0 Å². The second-order valence-electron chi connectivity index (χ2n) is 3.18. The van der Waals surface area contributed by atoms with Gasteiger partial charge in [-0.1, -0.05) is 5.16 Å². The van der Waals surface area contributed by atoms with Crippen LogP contribution in [0.25, 0.3) is 0 Å². The fourth-order valence-corrected chi connectivity index (χ4v) is 1.18. The lowest BCUT2D eigenvalue weighted by atomic mass is 10.4. The van der Waals surface area contributed by atoms with Gasteiger partial charge in [0, 0.05) is 18.3 Å². The minimum absolute atomic E-state index is 0.533. The third kappa shape index (κ3) is 2.44. The summed E-state index contributed by atoms with van der Waals surface area (Å²) in [5.74, 6) is 1.29. The lowest BCUT2D eigenvalue weighted by molar-refractivity contribution is 0.396. The fraction of sp³-hybridized carbons (Fsp3) is 0.182. The van der Waals surface area contributed by atoms with Crippen molar-refractivity contribution in [2.45, 2.75) is 6.92 Å². The molecule has 2 aromatic heterocycles. The van der Waals surface area contributed by atoms with Crippen LogP contribution in [0.5, 0.6) is 5.88 Å². The predicted molar refractivity (Wildman–Crippen MR) is 59.3 cm³/mol. The van der Waals surface area contributed by atoms with E-state index in [1.165, 1.54) is 0 Å². The summed E-state index contributed by atoms with van der Waals surface area (Å²) in [4.78, 5) is 8.22. The average Bonchev–Trinajstić information content (AvgIpc) is 2.73. The van der Waals surface area contributed by atoms with Crippen LogP contribution in [0.3, 0.4) is 0 Å². The minimum Gasteiger partial charge on any atom is -0.481 e. The van der Waals surface area contributed by atoms with Crippen molar-refractivity contribution in [1.29, 1.82) is 0 Å². The summed E-state index contributed by atoms with van der Waals surface area (Å²) >= 11 is 0. The number of rotatable bonds is 3. The van der Waals surface area contributed by atoms with Crippen molar-refractivity contribution in [3.8, 4) is 5.88 Å². The molecule has 16 heavy (non-hydrogen) atoms. The number of methoxy groups -OCH3 is 1. The molecule has 2 aromatic rings. The highest BCUT2D eigenvalue weighted by Gasteiger charge is 1.97. The number of nitrogens with zero attached hydrogens (tertiary/aromatic N) is 3. The molecule has 0 N–H and O–H groups in total. The Labute approximate surface area is 92.8 Å². The maximum absolute atomic E-state index is 4.99. The van der Waals surface area contributed by atoms with Gasteiger partial charge in [-0.2, -0.15) is 0 Å². The Bertz CT molecular complexity index is 505. The second kappa shape index (κ2) is 4.57. The maximum atomic E-state index is 4.99. The zero-order chi connectivity index (χ0) is 11.4. The lowest BCUT2D eigenvalue weighted by Gasteiger charge is -1.97. The molecule has 0 aliphatic carbocycles. The van der Waals surface area contributed by atoms with Gasteiger partial charge in [-0.25, -0.2) is 4.98 Å². The molecular weight excluding hydrogens is 206 g/mol. The molecule has 0 spiro atoms. The molecular formula is C11H11N3O2. The summed E-state index contributed by atoms with van der Waals surface area (Å²) < 4.78 is 9.91. The largest absolute Gasteiger partial charge is 0.481 e. The fourth-order valence-electron chi connectivity index (χ4n) is 1.18. The topological polar surface area (TPSA) is 60.5 Å². The summed E-state index contributed by atoms with van der Waals surface area (Å²) in [6.45, 7) is 1.83. The van der Waals surface area contributed by atoms with Crippen LogP contribution < -0.4 is 4.74 Å². The van der Waals surface area contributed by atoms with Gasteiger partial charge in [-0.3, -0.25) is 4.99 Å². The van der Waals surface area contributed by atoms with E-state index in [4.69, 9.17) is 9.26 Å². The highest BCUT2D eigenvalue weighted by molar-refractivity contribution is 5.79. The number of aryl methyl sites for hydroxylation is 1. The third-order valence-electron chi connectivity index (χ3n) is 1.92. The summed E-state index contributed by atoms with van der Waals surface area (Å²) in [6.07, 6.45) is 3.27. The van der Waals surface area contributed by atoms with Gasteiger partial charge in [-0.05, 0) is 13.0 Å². The number of ether oxygens (including phenoxy) is 1. The van der Waals surface area contributed by atoms with Crippen LogP contribution in [0.1, 0.15) is 11.5 Å². The summed E-state index contributed by atoms with van der Waals surface area (Å²) in [7, 11) is 1.57. The van der Waals surface area contributed by atoms with Crippen LogP contribution in [-0.2, 0) is 0 Å². The van der Waals surface area contributed by atoms with E-state index >= 15 is 0 Å². The summed E-state index contributed by atoms with van der Waals surface area (Å²) in [6, 6.07) is 5.33. The molecule has 0 aliphatic rings. The van der Waals surface area contributed by atoms with E-state index < -0.39 is 0 Å². The Morgan fingerprint density at radius 2 is 2.31 bits per heavy atom. The normalized spacial score (nSPS) is 10.9. The second-order valence-corrected chi connectivity index (χ2v) is 3.18. The first kappa shape index (κ1) is 10.4. The van der Waals surface area contributed by atoms with Gasteiger partial charge < -0.3 is 9.26 Å². The Kier molecular flexibility index (Phi) is 2.95. The molecule has 0 aliphatic heterocycles. The van der Waals surface area contributed by atoms with Crippen molar-refractivity contribution in [2.75, 3.05) is 7.11 Å². The average molecular weight is 217 g/mol. The predicted octanol–water partition coefficient (Wildman–Crippen LogP) is 2.14.